The second-order valence-electron chi connectivity index (χ2n) is 7.48. The van der Waals surface area contributed by atoms with Gasteiger partial charge in [0.25, 0.3) is 0 Å². The van der Waals surface area contributed by atoms with E-state index in [0.29, 0.717) is 18.9 Å². The molecule has 0 atom stereocenters. The summed E-state index contributed by atoms with van der Waals surface area (Å²) in [6.07, 6.45) is 4.23. The van der Waals surface area contributed by atoms with Crippen LogP contribution in [0, 0.1) is 11.8 Å². The molecule has 0 aromatic heterocycles. The van der Waals surface area contributed by atoms with Crippen molar-refractivity contribution >= 4 is 5.91 Å². The van der Waals surface area contributed by atoms with Crippen molar-refractivity contribution in [2.75, 3.05) is 13.1 Å². The van der Waals surface area contributed by atoms with E-state index in [-0.39, 0.29) is 5.91 Å². The summed E-state index contributed by atoms with van der Waals surface area (Å²) in [6, 6.07) is 8.69. The van der Waals surface area contributed by atoms with Crippen molar-refractivity contribution in [1.29, 1.82) is 0 Å². The largest absolute Gasteiger partial charge is 0.352 e. The summed E-state index contributed by atoms with van der Waals surface area (Å²) < 4.78 is 0. The van der Waals surface area contributed by atoms with Crippen molar-refractivity contribution in [2.24, 2.45) is 11.8 Å². The number of likely N-dealkylation sites (tertiary alicyclic amines) is 1. The van der Waals surface area contributed by atoms with Crippen LogP contribution in [0.1, 0.15) is 57.6 Å². The average Bonchev–Trinajstić information content (AvgIpc) is 2.54. The molecule has 3 heteroatoms. The highest BCUT2D eigenvalue weighted by atomic mass is 16.1. The standard InChI is InChI=1S/C20H32N2O/c1-16(2)4-9-20(23)21-14-18-5-7-19(8-6-18)15-22-12-10-17(3)11-13-22/h5-8,16-17H,4,9-15H2,1-3H3,(H,21,23). The first-order chi connectivity index (χ1) is 11.0. The average molecular weight is 316 g/mol. The van der Waals surface area contributed by atoms with Crippen LogP contribution in [-0.2, 0) is 17.9 Å². The number of nitrogens with zero attached hydrogens (tertiary/aromatic N) is 1. The first-order valence-corrected chi connectivity index (χ1v) is 9.10. The minimum absolute atomic E-state index is 0.158. The van der Waals surface area contributed by atoms with Gasteiger partial charge in [-0.1, -0.05) is 45.0 Å². The zero-order valence-electron chi connectivity index (χ0n) is 15.0. The first kappa shape index (κ1) is 18.0. The van der Waals surface area contributed by atoms with Crippen LogP contribution >= 0.6 is 0 Å². The third-order valence-corrected chi connectivity index (χ3v) is 4.74. The minimum Gasteiger partial charge on any atom is -0.352 e. The number of nitrogens with one attached hydrogen (secondary N) is 1. The molecule has 1 heterocycles. The Morgan fingerprint density at radius 3 is 2.39 bits per heavy atom. The third kappa shape index (κ3) is 6.74. The zero-order chi connectivity index (χ0) is 16.7. The second kappa shape index (κ2) is 9.07. The van der Waals surface area contributed by atoms with Gasteiger partial charge in [-0.3, -0.25) is 9.69 Å². The van der Waals surface area contributed by atoms with Gasteiger partial charge in [-0.05, 0) is 55.3 Å². The van der Waals surface area contributed by atoms with Gasteiger partial charge in [0, 0.05) is 19.5 Å². The second-order valence-corrected chi connectivity index (χ2v) is 7.48. The highest BCUT2D eigenvalue weighted by Crippen LogP contribution is 2.18. The van der Waals surface area contributed by atoms with E-state index in [4.69, 9.17) is 0 Å². The number of carbonyl (C=O) groups excluding carboxylic acids is 1. The zero-order valence-corrected chi connectivity index (χ0v) is 15.0. The molecule has 1 aromatic rings. The van der Waals surface area contributed by atoms with E-state index in [1.165, 1.54) is 37.1 Å². The van der Waals surface area contributed by atoms with E-state index < -0.39 is 0 Å². The van der Waals surface area contributed by atoms with E-state index >= 15 is 0 Å². The maximum Gasteiger partial charge on any atom is 0.220 e. The van der Waals surface area contributed by atoms with E-state index in [1.54, 1.807) is 0 Å². The molecular formula is C20H32N2O. The summed E-state index contributed by atoms with van der Waals surface area (Å²) in [4.78, 5) is 14.3. The van der Waals surface area contributed by atoms with Crippen LogP contribution in [0.25, 0.3) is 0 Å². The third-order valence-electron chi connectivity index (χ3n) is 4.74. The van der Waals surface area contributed by atoms with Gasteiger partial charge in [-0.2, -0.15) is 0 Å². The van der Waals surface area contributed by atoms with Gasteiger partial charge in [0.05, 0.1) is 0 Å². The Balaban J connectivity index is 1.72. The molecule has 0 radical (unpaired) electrons. The van der Waals surface area contributed by atoms with E-state index in [2.05, 4.69) is 55.3 Å². The highest BCUT2D eigenvalue weighted by Gasteiger charge is 2.15. The van der Waals surface area contributed by atoms with Gasteiger partial charge in [0.2, 0.25) is 5.91 Å². The lowest BCUT2D eigenvalue weighted by molar-refractivity contribution is -0.121. The Morgan fingerprint density at radius 2 is 1.78 bits per heavy atom. The SMILES string of the molecule is CC(C)CCC(=O)NCc1ccc(CN2CCC(C)CC2)cc1. The fourth-order valence-corrected chi connectivity index (χ4v) is 2.95. The van der Waals surface area contributed by atoms with Crippen LogP contribution in [-0.4, -0.2) is 23.9 Å². The molecule has 0 saturated carbocycles. The Morgan fingerprint density at radius 1 is 1.17 bits per heavy atom. The maximum atomic E-state index is 11.8. The van der Waals surface area contributed by atoms with Crippen LogP contribution in [0.15, 0.2) is 24.3 Å². The number of benzene rings is 1. The number of piperidine rings is 1. The van der Waals surface area contributed by atoms with Gasteiger partial charge in [-0.25, -0.2) is 0 Å². The molecule has 1 fully saturated rings. The molecule has 1 aliphatic rings. The van der Waals surface area contributed by atoms with Gasteiger partial charge in [-0.15, -0.1) is 0 Å². The van der Waals surface area contributed by atoms with Crippen molar-refractivity contribution < 1.29 is 4.79 Å². The van der Waals surface area contributed by atoms with E-state index in [9.17, 15) is 4.79 Å². The predicted octanol–water partition coefficient (Wildman–Crippen LogP) is 3.97. The van der Waals surface area contributed by atoms with Crippen molar-refractivity contribution in [3.05, 3.63) is 35.4 Å². The molecule has 1 amide bonds. The predicted molar refractivity (Wildman–Crippen MR) is 96.0 cm³/mol. The molecule has 1 aliphatic heterocycles. The Kier molecular flexibility index (Phi) is 7.10. The van der Waals surface area contributed by atoms with Crippen LogP contribution in [0.4, 0.5) is 0 Å². The lowest BCUT2D eigenvalue weighted by atomic mass is 9.99. The van der Waals surface area contributed by atoms with E-state index in [1.807, 2.05) is 0 Å². The van der Waals surface area contributed by atoms with Gasteiger partial charge in [0.15, 0.2) is 0 Å². The molecular weight excluding hydrogens is 284 g/mol. The maximum absolute atomic E-state index is 11.8. The molecule has 1 saturated heterocycles. The van der Waals surface area contributed by atoms with Gasteiger partial charge >= 0.3 is 0 Å². The summed E-state index contributed by atoms with van der Waals surface area (Å²) in [5.41, 5.74) is 2.55. The van der Waals surface area contributed by atoms with Crippen molar-refractivity contribution in [3.8, 4) is 0 Å². The molecule has 0 bridgehead atoms. The van der Waals surface area contributed by atoms with Crippen molar-refractivity contribution in [2.45, 2.75) is 59.5 Å². The molecule has 0 spiro atoms. The fourth-order valence-electron chi connectivity index (χ4n) is 2.95. The summed E-state index contributed by atoms with van der Waals surface area (Å²) in [7, 11) is 0. The fraction of sp³-hybridized carbons (Fsp3) is 0.650. The first-order valence-electron chi connectivity index (χ1n) is 9.10. The molecule has 128 valence electrons. The highest BCUT2D eigenvalue weighted by molar-refractivity contribution is 5.75. The summed E-state index contributed by atoms with van der Waals surface area (Å²) >= 11 is 0. The van der Waals surface area contributed by atoms with Crippen molar-refractivity contribution in [1.82, 2.24) is 10.2 Å². The molecule has 1 aromatic carbocycles. The summed E-state index contributed by atoms with van der Waals surface area (Å²) in [5.74, 6) is 1.62. The molecule has 1 N–H and O–H groups in total. The monoisotopic (exact) mass is 316 g/mol. The van der Waals surface area contributed by atoms with Gasteiger partial charge < -0.3 is 5.32 Å². The minimum atomic E-state index is 0.158. The Hall–Kier alpha value is -1.35. The Labute approximate surface area is 141 Å². The van der Waals surface area contributed by atoms with Crippen LogP contribution in [0.5, 0.6) is 0 Å². The molecule has 3 nitrogen and oxygen atoms in total. The number of rotatable bonds is 7. The van der Waals surface area contributed by atoms with E-state index in [0.717, 1.165) is 18.9 Å². The normalized spacial score (nSPS) is 16.7. The number of hydrogen-bond donors (Lipinski definition) is 1. The lowest BCUT2D eigenvalue weighted by Gasteiger charge is -2.30. The summed E-state index contributed by atoms with van der Waals surface area (Å²) in [6.45, 7) is 10.8. The van der Waals surface area contributed by atoms with Gasteiger partial charge in [0.1, 0.15) is 0 Å². The molecule has 2 rings (SSSR count). The molecule has 0 aliphatic carbocycles. The van der Waals surface area contributed by atoms with Crippen LogP contribution < -0.4 is 5.32 Å². The summed E-state index contributed by atoms with van der Waals surface area (Å²) in [5, 5.41) is 3.01. The Bertz CT molecular complexity index is 473. The molecule has 23 heavy (non-hydrogen) atoms. The number of carbonyl (C=O) groups is 1. The topological polar surface area (TPSA) is 32.3 Å². The van der Waals surface area contributed by atoms with Crippen LogP contribution in [0.3, 0.4) is 0 Å². The smallest absolute Gasteiger partial charge is 0.220 e. The quantitative estimate of drug-likeness (QED) is 0.825. The number of hydrogen-bond acceptors (Lipinski definition) is 2. The molecule has 0 unspecified atom stereocenters. The van der Waals surface area contributed by atoms with Crippen LogP contribution in [0.2, 0.25) is 0 Å². The lowest BCUT2D eigenvalue weighted by Crippen LogP contribution is -2.32. The number of amides is 1. The van der Waals surface area contributed by atoms with Crippen molar-refractivity contribution in [3.63, 3.8) is 0 Å².